The maximum absolute atomic E-state index is 16.1. The van der Waals surface area contributed by atoms with Gasteiger partial charge in [-0.25, -0.2) is 19.7 Å². The Balaban J connectivity index is 1.27. The molecule has 3 fully saturated rings. The topological polar surface area (TPSA) is 164 Å². The van der Waals surface area contributed by atoms with E-state index in [9.17, 15) is 9.90 Å². The highest BCUT2D eigenvalue weighted by atomic mass is 16.6. The number of morpholine rings is 1. The van der Waals surface area contributed by atoms with Gasteiger partial charge in [-0.05, 0) is 46.5 Å². The summed E-state index contributed by atoms with van der Waals surface area (Å²) in [5, 5.41) is 9.52. The Morgan fingerprint density at radius 2 is 1.42 bits per heavy atom. The van der Waals surface area contributed by atoms with Gasteiger partial charge >= 0.3 is 12.1 Å². The molecule has 1 aromatic heterocycles. The van der Waals surface area contributed by atoms with Crippen LogP contribution in [0.25, 0.3) is 0 Å². The monoisotopic (exact) mass is 838 g/mol. The molecule has 4 aromatic carbocycles. The van der Waals surface area contributed by atoms with Crippen molar-refractivity contribution >= 4 is 35.5 Å². The van der Waals surface area contributed by atoms with Crippen LogP contribution in [-0.2, 0) is 34.0 Å². The molecule has 5 heterocycles. The summed E-state index contributed by atoms with van der Waals surface area (Å²) in [6.45, 7) is 1.14. The third kappa shape index (κ3) is 6.91. The van der Waals surface area contributed by atoms with Crippen molar-refractivity contribution in [3.63, 3.8) is 0 Å². The second kappa shape index (κ2) is 17.4. The Kier molecular flexibility index (Phi) is 11.4. The highest BCUT2D eigenvalue weighted by Gasteiger charge is 2.76. The van der Waals surface area contributed by atoms with E-state index in [4.69, 9.17) is 18.9 Å². The first kappa shape index (κ1) is 40.7. The van der Waals surface area contributed by atoms with E-state index in [2.05, 4.69) is 9.97 Å². The average molecular weight is 839 g/mol. The zero-order chi connectivity index (χ0) is 42.8. The summed E-state index contributed by atoms with van der Waals surface area (Å²) in [4.78, 5) is 77.0. The zero-order valence-corrected chi connectivity index (χ0v) is 34.1. The van der Waals surface area contributed by atoms with Crippen LogP contribution >= 0.6 is 0 Å². The maximum atomic E-state index is 16.1. The van der Waals surface area contributed by atoms with Crippen molar-refractivity contribution in [2.75, 3.05) is 69.5 Å². The summed E-state index contributed by atoms with van der Waals surface area (Å²) in [5.74, 6) is -2.19. The SMILES string of the molecule is COCCOC(=O)N1C(=O)[C@@]2(c3ccccc31)[C@H](C(=O)N1CCN(c3ncccn3)CC1)[C@H]1C(=O)O[C@H](c3ccccc3)[C@H](c3ccccc3)N1[C@@H]2c1ccc(OCCO)cc1. The predicted octanol–water partition coefficient (Wildman–Crippen LogP) is 4.65. The standard InChI is InChI=1S/C47H46N6O9/c1-59-29-30-61-46(58)52-36-16-9-8-15-35(36)47(44(52)57)37(42(55)50-23-25-51(26-24-50)45-48-21-10-22-49-45)39-43(56)62-40(32-13-6-3-7-14-32)38(31-11-4-2-5-12-31)53(39)41(47)33-17-19-34(20-18-33)60-28-27-54/h2-22,37-41,54H,23-30H2,1H3/t37-,38-,39-,40+,41+,47-/m0/s1. The fourth-order valence-electron chi connectivity index (χ4n) is 9.79. The quantitative estimate of drug-likeness (QED) is 0.145. The molecule has 0 unspecified atom stereocenters. The molecule has 3 amide bonds. The maximum Gasteiger partial charge on any atom is 0.421 e. The number of nitrogens with zero attached hydrogens (tertiary/aromatic N) is 6. The van der Waals surface area contributed by atoms with Gasteiger partial charge in [0.25, 0.3) is 0 Å². The number of amides is 3. The molecule has 15 heteroatoms. The van der Waals surface area contributed by atoms with Crippen LogP contribution in [0.1, 0.15) is 40.4 Å². The Hall–Kier alpha value is -6.68. The van der Waals surface area contributed by atoms with Crippen LogP contribution in [0.4, 0.5) is 16.4 Å². The minimum atomic E-state index is -1.89. The molecule has 1 spiro atoms. The van der Waals surface area contributed by atoms with Crippen LogP contribution in [0.2, 0.25) is 0 Å². The number of methoxy groups -OCH3 is 1. The second-order valence-corrected chi connectivity index (χ2v) is 15.5. The predicted molar refractivity (Wildman–Crippen MR) is 225 cm³/mol. The number of aliphatic hydroxyl groups excluding tert-OH is 1. The van der Waals surface area contributed by atoms with Gasteiger partial charge in [-0.15, -0.1) is 0 Å². The third-order valence-electron chi connectivity index (χ3n) is 12.3. The fourth-order valence-corrected chi connectivity index (χ4v) is 9.79. The van der Waals surface area contributed by atoms with Gasteiger partial charge < -0.3 is 33.9 Å². The number of hydrogen-bond donors (Lipinski definition) is 1. The molecule has 0 bridgehead atoms. The molecule has 5 aromatic rings. The smallest absolute Gasteiger partial charge is 0.421 e. The summed E-state index contributed by atoms with van der Waals surface area (Å²) in [7, 11) is 1.48. The summed E-state index contributed by atoms with van der Waals surface area (Å²) in [6, 6.07) is 31.8. The van der Waals surface area contributed by atoms with Crippen LogP contribution in [0, 0.1) is 5.92 Å². The van der Waals surface area contributed by atoms with E-state index in [1.54, 1.807) is 59.8 Å². The highest BCUT2D eigenvalue weighted by molar-refractivity contribution is 6.23. The molecular formula is C47H46N6O9. The number of cyclic esters (lactones) is 1. The number of carbonyl (C=O) groups excluding carboxylic acids is 4. The zero-order valence-electron chi connectivity index (χ0n) is 34.1. The molecule has 318 valence electrons. The molecule has 1 N–H and O–H groups in total. The Bertz CT molecular complexity index is 2400. The van der Waals surface area contributed by atoms with Crippen LogP contribution in [0.15, 0.2) is 128 Å². The largest absolute Gasteiger partial charge is 0.491 e. The third-order valence-corrected chi connectivity index (χ3v) is 12.3. The normalized spacial score (nSPS) is 24.4. The van der Waals surface area contributed by atoms with Gasteiger partial charge in [-0.1, -0.05) is 91.0 Å². The molecule has 6 atom stereocenters. The number of piperazine rings is 1. The first-order chi connectivity index (χ1) is 30.4. The number of imide groups is 1. The van der Waals surface area contributed by atoms with Crippen molar-refractivity contribution in [3.8, 4) is 5.75 Å². The van der Waals surface area contributed by atoms with Gasteiger partial charge in [0.2, 0.25) is 17.8 Å². The lowest BCUT2D eigenvalue weighted by Crippen LogP contribution is -2.59. The molecule has 3 saturated heterocycles. The minimum Gasteiger partial charge on any atom is -0.491 e. The Labute approximate surface area is 358 Å². The molecule has 0 saturated carbocycles. The highest BCUT2D eigenvalue weighted by Crippen LogP contribution is 2.66. The Morgan fingerprint density at radius 3 is 2.10 bits per heavy atom. The minimum absolute atomic E-state index is 0.0633. The van der Waals surface area contributed by atoms with Crippen molar-refractivity contribution in [2.45, 2.75) is 29.6 Å². The molecule has 0 radical (unpaired) electrons. The van der Waals surface area contributed by atoms with Gasteiger partial charge in [0, 0.05) is 45.7 Å². The fraction of sp³-hybridized carbons (Fsp3) is 0.319. The van der Waals surface area contributed by atoms with Gasteiger partial charge in [0.15, 0.2) is 0 Å². The van der Waals surface area contributed by atoms with Crippen molar-refractivity contribution in [1.82, 2.24) is 19.8 Å². The van der Waals surface area contributed by atoms with Crippen LogP contribution in [0.5, 0.6) is 5.75 Å². The van der Waals surface area contributed by atoms with Gasteiger partial charge in [-0.2, -0.15) is 0 Å². The number of benzene rings is 4. The molecular weight excluding hydrogens is 793 g/mol. The summed E-state index contributed by atoms with van der Waals surface area (Å²) in [6.07, 6.45) is 1.54. The van der Waals surface area contributed by atoms with Crippen molar-refractivity contribution in [3.05, 3.63) is 150 Å². The van der Waals surface area contributed by atoms with Gasteiger partial charge in [0.1, 0.15) is 36.5 Å². The van der Waals surface area contributed by atoms with Crippen molar-refractivity contribution < 1.29 is 43.2 Å². The van der Waals surface area contributed by atoms with Gasteiger partial charge in [0.05, 0.1) is 36.9 Å². The lowest BCUT2D eigenvalue weighted by atomic mass is 9.65. The van der Waals surface area contributed by atoms with E-state index in [1.807, 2.05) is 82.6 Å². The lowest BCUT2D eigenvalue weighted by molar-refractivity contribution is -0.179. The summed E-state index contributed by atoms with van der Waals surface area (Å²) < 4.78 is 23.1. The number of para-hydroxylation sites is 1. The van der Waals surface area contributed by atoms with Crippen molar-refractivity contribution in [2.24, 2.45) is 5.92 Å². The van der Waals surface area contributed by atoms with E-state index in [0.717, 1.165) is 16.0 Å². The number of aliphatic hydroxyl groups is 1. The number of anilines is 2. The van der Waals surface area contributed by atoms with Crippen LogP contribution in [0.3, 0.4) is 0 Å². The van der Waals surface area contributed by atoms with E-state index < -0.39 is 59.4 Å². The molecule has 0 aliphatic carbocycles. The first-order valence-electron chi connectivity index (χ1n) is 20.7. The molecule has 4 aliphatic rings. The Morgan fingerprint density at radius 1 is 0.758 bits per heavy atom. The first-order valence-corrected chi connectivity index (χ1v) is 20.7. The number of rotatable bonds is 11. The number of carbonyl (C=O) groups is 4. The summed E-state index contributed by atoms with van der Waals surface area (Å²) in [5.41, 5.74) is 0.877. The van der Waals surface area contributed by atoms with Crippen LogP contribution in [-0.4, -0.2) is 115 Å². The average Bonchev–Trinajstić information content (AvgIpc) is 3.78. The number of hydrogen-bond acceptors (Lipinski definition) is 13. The van der Waals surface area contributed by atoms with E-state index in [1.165, 1.54) is 7.11 Å². The number of aromatic nitrogens is 2. The number of fused-ring (bicyclic) bond motifs is 3. The second-order valence-electron chi connectivity index (χ2n) is 15.5. The molecule has 62 heavy (non-hydrogen) atoms. The van der Waals surface area contributed by atoms with E-state index in [0.29, 0.717) is 35.9 Å². The van der Waals surface area contributed by atoms with E-state index in [-0.39, 0.29) is 45.2 Å². The summed E-state index contributed by atoms with van der Waals surface area (Å²) >= 11 is 0. The van der Waals surface area contributed by atoms with E-state index >= 15 is 14.4 Å². The molecule has 4 aliphatic heterocycles. The van der Waals surface area contributed by atoms with Crippen molar-refractivity contribution in [1.29, 1.82) is 0 Å². The molecule has 15 nitrogen and oxygen atoms in total. The van der Waals surface area contributed by atoms with Crippen LogP contribution < -0.4 is 14.5 Å². The lowest BCUT2D eigenvalue weighted by Gasteiger charge is -2.46. The molecule has 9 rings (SSSR count). The number of esters is 1. The number of ether oxygens (including phenoxy) is 4. The van der Waals surface area contributed by atoms with Gasteiger partial charge in [-0.3, -0.25) is 19.3 Å².